The van der Waals surface area contributed by atoms with Gasteiger partial charge in [0.1, 0.15) is 29.7 Å². The predicted molar refractivity (Wildman–Crippen MR) is 122 cm³/mol. The highest BCUT2D eigenvalue weighted by molar-refractivity contribution is 5.96. The van der Waals surface area contributed by atoms with Crippen molar-refractivity contribution in [3.63, 3.8) is 0 Å². The Hall–Kier alpha value is -4.20. The summed E-state index contributed by atoms with van der Waals surface area (Å²) in [5.41, 5.74) is 4.21. The molecule has 1 aliphatic heterocycles. The highest BCUT2D eigenvalue weighted by Gasteiger charge is 2.27. The van der Waals surface area contributed by atoms with Gasteiger partial charge in [0, 0.05) is 11.8 Å². The van der Waals surface area contributed by atoms with Crippen LogP contribution in [0.4, 0.5) is 4.39 Å². The van der Waals surface area contributed by atoms with Crippen LogP contribution >= 0.6 is 0 Å². The Labute approximate surface area is 189 Å². The lowest BCUT2D eigenvalue weighted by Gasteiger charge is -2.16. The van der Waals surface area contributed by atoms with Crippen molar-refractivity contribution < 1.29 is 18.7 Å². The number of benzene rings is 2. The first-order valence-corrected chi connectivity index (χ1v) is 10.4. The molecule has 0 N–H and O–H groups in total. The van der Waals surface area contributed by atoms with Crippen LogP contribution in [-0.2, 0) is 11.3 Å². The second kappa shape index (κ2) is 8.38. The normalized spacial score (nSPS) is 13.2. The van der Waals surface area contributed by atoms with E-state index in [4.69, 9.17) is 9.47 Å². The maximum atomic E-state index is 13.4. The van der Waals surface area contributed by atoms with E-state index in [2.05, 4.69) is 9.97 Å². The second-order valence-corrected chi connectivity index (χ2v) is 7.65. The number of hydrogen-bond donors (Lipinski definition) is 0. The number of fused-ring (bicyclic) bond motifs is 1. The summed E-state index contributed by atoms with van der Waals surface area (Å²) in [7, 11) is 1.63. The molecule has 5 rings (SSSR count). The van der Waals surface area contributed by atoms with Crippen LogP contribution in [0.25, 0.3) is 29.1 Å². The Kier molecular flexibility index (Phi) is 5.26. The van der Waals surface area contributed by atoms with Crippen LogP contribution in [0.15, 0.2) is 55.0 Å². The smallest absolute Gasteiger partial charge is 0.357 e. The van der Waals surface area contributed by atoms with E-state index >= 15 is 0 Å². The molecular formula is C25H21FN4O3. The zero-order chi connectivity index (χ0) is 22.9. The number of halogens is 1. The lowest BCUT2D eigenvalue weighted by molar-refractivity contribution is 0.0423. The molecule has 0 radical (unpaired) electrons. The van der Waals surface area contributed by atoms with Crippen LogP contribution in [0.2, 0.25) is 0 Å². The van der Waals surface area contributed by atoms with Gasteiger partial charge in [0.25, 0.3) is 0 Å². The number of rotatable bonds is 5. The highest BCUT2D eigenvalue weighted by atomic mass is 19.1. The maximum Gasteiger partial charge on any atom is 0.357 e. The number of nitrogens with zero attached hydrogens (tertiary/aromatic N) is 4. The summed E-state index contributed by atoms with van der Waals surface area (Å²) < 4.78 is 27.9. The van der Waals surface area contributed by atoms with E-state index in [9.17, 15) is 9.18 Å². The first-order chi connectivity index (χ1) is 16.0. The molecule has 4 aromatic rings. The van der Waals surface area contributed by atoms with Gasteiger partial charge in [-0.25, -0.2) is 19.2 Å². The van der Waals surface area contributed by atoms with Gasteiger partial charge < -0.3 is 18.6 Å². The molecule has 7 nitrogen and oxygen atoms in total. The minimum Gasteiger partial charge on any atom is -0.495 e. The molecule has 33 heavy (non-hydrogen) atoms. The van der Waals surface area contributed by atoms with Crippen LogP contribution in [0.1, 0.15) is 27.6 Å². The zero-order valence-corrected chi connectivity index (χ0v) is 18.2. The molecule has 2 aromatic heterocycles. The molecular weight excluding hydrogens is 423 g/mol. The molecule has 3 heterocycles. The van der Waals surface area contributed by atoms with E-state index in [1.54, 1.807) is 25.6 Å². The fourth-order valence-corrected chi connectivity index (χ4v) is 3.87. The van der Waals surface area contributed by atoms with Gasteiger partial charge in [0.2, 0.25) is 0 Å². The number of carbonyl (C=O) groups excluding carboxylic acids is 1. The molecule has 0 saturated carbocycles. The Balaban J connectivity index is 1.52. The average molecular weight is 444 g/mol. The number of ether oxygens (including phenoxy) is 2. The molecule has 2 aromatic carbocycles. The topological polar surface area (TPSA) is 71.2 Å². The van der Waals surface area contributed by atoms with Crippen LogP contribution in [0.3, 0.4) is 0 Å². The number of carbonyl (C=O) groups is 1. The third-order valence-electron chi connectivity index (χ3n) is 5.47. The van der Waals surface area contributed by atoms with Crippen LogP contribution in [0.5, 0.6) is 5.75 Å². The van der Waals surface area contributed by atoms with Gasteiger partial charge in [-0.1, -0.05) is 12.1 Å². The SMILES string of the molecule is COc1cc(C=Cc2nc(-c3ccc(F)cc3)c3n2CCOC3=O)ccc1-n1cnc(C)c1. The largest absolute Gasteiger partial charge is 0.495 e. The second-order valence-electron chi connectivity index (χ2n) is 7.65. The number of hydrogen-bond acceptors (Lipinski definition) is 5. The van der Waals surface area contributed by atoms with Crippen molar-refractivity contribution in [2.75, 3.05) is 13.7 Å². The molecule has 0 fully saturated rings. The predicted octanol–water partition coefficient (Wildman–Crippen LogP) is 4.53. The summed E-state index contributed by atoms with van der Waals surface area (Å²) in [5, 5.41) is 0. The van der Waals surface area contributed by atoms with Gasteiger partial charge in [0.15, 0.2) is 5.69 Å². The number of imidazole rings is 2. The fourth-order valence-electron chi connectivity index (χ4n) is 3.87. The standard InChI is InChI=1S/C25H21FN4O3/c1-16-14-29(15-27-16)20-9-3-17(13-21(20)32-2)4-10-22-28-23(18-5-7-19(26)8-6-18)24-25(31)33-12-11-30(22)24/h3-10,13-15H,11-12H2,1-2H3. The van der Waals surface area contributed by atoms with Crippen molar-refractivity contribution in [2.45, 2.75) is 13.5 Å². The van der Waals surface area contributed by atoms with Gasteiger partial charge in [-0.15, -0.1) is 0 Å². The van der Waals surface area contributed by atoms with E-state index in [0.717, 1.165) is 16.9 Å². The van der Waals surface area contributed by atoms with Crippen LogP contribution in [-0.4, -0.2) is 38.8 Å². The van der Waals surface area contributed by atoms with E-state index in [1.807, 2.05) is 52.6 Å². The minimum atomic E-state index is -0.436. The van der Waals surface area contributed by atoms with Crippen molar-refractivity contribution >= 4 is 18.1 Å². The van der Waals surface area contributed by atoms with Crippen molar-refractivity contribution in [1.82, 2.24) is 19.1 Å². The molecule has 8 heteroatoms. The molecule has 0 aliphatic carbocycles. The molecule has 0 unspecified atom stereocenters. The van der Waals surface area contributed by atoms with Crippen LogP contribution < -0.4 is 4.74 Å². The third kappa shape index (κ3) is 3.91. The molecule has 166 valence electrons. The third-order valence-corrected chi connectivity index (χ3v) is 5.47. The van der Waals surface area contributed by atoms with E-state index in [-0.39, 0.29) is 12.4 Å². The summed E-state index contributed by atoms with van der Waals surface area (Å²) in [6.45, 7) is 2.71. The van der Waals surface area contributed by atoms with Gasteiger partial charge in [0.05, 0.1) is 31.4 Å². The van der Waals surface area contributed by atoms with E-state index in [1.165, 1.54) is 12.1 Å². The first-order valence-electron chi connectivity index (χ1n) is 10.4. The summed E-state index contributed by atoms with van der Waals surface area (Å²) in [6, 6.07) is 11.8. The van der Waals surface area contributed by atoms with Crippen molar-refractivity contribution in [3.05, 3.63) is 83.6 Å². The number of cyclic esters (lactones) is 1. The molecule has 0 amide bonds. The number of esters is 1. The van der Waals surface area contributed by atoms with E-state index in [0.29, 0.717) is 35.1 Å². The van der Waals surface area contributed by atoms with Crippen molar-refractivity contribution in [3.8, 4) is 22.7 Å². The van der Waals surface area contributed by atoms with Gasteiger partial charge in [-0.2, -0.15) is 0 Å². The molecule has 0 atom stereocenters. The Bertz CT molecular complexity index is 1370. The Morgan fingerprint density at radius 3 is 2.70 bits per heavy atom. The van der Waals surface area contributed by atoms with Gasteiger partial charge >= 0.3 is 5.97 Å². The lowest BCUT2D eigenvalue weighted by atomic mass is 10.1. The van der Waals surface area contributed by atoms with Gasteiger partial charge in [-0.05, 0) is 55.0 Å². The number of aromatic nitrogens is 4. The monoisotopic (exact) mass is 444 g/mol. The average Bonchev–Trinajstić information content (AvgIpc) is 3.42. The zero-order valence-electron chi connectivity index (χ0n) is 18.2. The Morgan fingerprint density at radius 1 is 1.15 bits per heavy atom. The van der Waals surface area contributed by atoms with Gasteiger partial charge in [-0.3, -0.25) is 0 Å². The molecule has 0 saturated heterocycles. The summed E-state index contributed by atoms with van der Waals surface area (Å²) >= 11 is 0. The highest BCUT2D eigenvalue weighted by Crippen LogP contribution is 2.29. The molecule has 0 spiro atoms. The number of aryl methyl sites for hydroxylation is 1. The lowest BCUT2D eigenvalue weighted by Crippen LogP contribution is -2.23. The maximum absolute atomic E-state index is 13.4. The van der Waals surface area contributed by atoms with Crippen molar-refractivity contribution in [1.29, 1.82) is 0 Å². The molecule has 1 aliphatic rings. The first kappa shape index (κ1) is 20.7. The summed E-state index contributed by atoms with van der Waals surface area (Å²) in [5.74, 6) is 0.539. The minimum absolute atomic E-state index is 0.277. The Morgan fingerprint density at radius 2 is 1.97 bits per heavy atom. The molecule has 0 bridgehead atoms. The number of methoxy groups -OCH3 is 1. The fraction of sp³-hybridized carbons (Fsp3) is 0.160. The quantitative estimate of drug-likeness (QED) is 0.423. The van der Waals surface area contributed by atoms with E-state index < -0.39 is 5.97 Å². The van der Waals surface area contributed by atoms with Crippen LogP contribution in [0, 0.1) is 12.7 Å². The van der Waals surface area contributed by atoms with Crippen molar-refractivity contribution in [2.24, 2.45) is 0 Å². The summed E-state index contributed by atoms with van der Waals surface area (Å²) in [4.78, 5) is 21.4. The summed E-state index contributed by atoms with van der Waals surface area (Å²) in [6.07, 6.45) is 7.44.